The number of carbonyl (C=O) groups is 1. The lowest BCUT2D eigenvalue weighted by molar-refractivity contribution is -0.0706. The molecule has 172 valence electrons. The van der Waals surface area contributed by atoms with Gasteiger partial charge in [-0.2, -0.15) is 0 Å². The molecule has 0 bridgehead atoms. The Morgan fingerprint density at radius 1 is 1.03 bits per heavy atom. The van der Waals surface area contributed by atoms with Crippen LogP contribution in [0.15, 0.2) is 60.7 Å². The van der Waals surface area contributed by atoms with Gasteiger partial charge in [-0.15, -0.1) is 0 Å². The molecule has 1 saturated heterocycles. The number of benzene rings is 3. The van der Waals surface area contributed by atoms with Crippen LogP contribution in [-0.2, 0) is 0 Å². The van der Waals surface area contributed by atoms with Gasteiger partial charge in [0.2, 0.25) is 0 Å². The van der Waals surface area contributed by atoms with Crippen LogP contribution in [0, 0.1) is 18.6 Å². The van der Waals surface area contributed by atoms with Crippen molar-refractivity contribution in [3.8, 4) is 5.75 Å². The molecule has 1 aliphatic heterocycles. The van der Waals surface area contributed by atoms with Crippen LogP contribution in [-0.4, -0.2) is 48.3 Å². The maximum atomic E-state index is 14.6. The number of aliphatic hydroxyl groups is 1. The Bertz CT molecular complexity index is 1140. The van der Waals surface area contributed by atoms with Gasteiger partial charge in [0.05, 0.1) is 31.5 Å². The minimum absolute atomic E-state index is 0.000335. The third-order valence-corrected chi connectivity index (χ3v) is 5.62. The number of amides is 1. The van der Waals surface area contributed by atoms with Crippen molar-refractivity contribution in [3.05, 3.63) is 83.4 Å². The molecule has 0 atom stereocenters. The number of methoxy groups -OCH3 is 1. The van der Waals surface area contributed by atoms with Gasteiger partial charge in [-0.25, -0.2) is 8.78 Å². The van der Waals surface area contributed by atoms with Crippen LogP contribution >= 0.6 is 0 Å². The van der Waals surface area contributed by atoms with E-state index in [1.54, 1.807) is 31.4 Å². The number of halogens is 2. The second kappa shape index (κ2) is 9.07. The minimum atomic E-state index is -1.13. The van der Waals surface area contributed by atoms with Crippen LogP contribution in [0.5, 0.6) is 5.75 Å². The second-order valence-corrected chi connectivity index (χ2v) is 8.24. The number of likely N-dealkylation sites (tertiary alicyclic amines) is 1. The first kappa shape index (κ1) is 22.5. The third-order valence-electron chi connectivity index (χ3n) is 5.62. The Kier molecular flexibility index (Phi) is 6.20. The Labute approximate surface area is 190 Å². The molecule has 1 heterocycles. The average Bonchev–Trinajstić information content (AvgIpc) is 2.80. The summed E-state index contributed by atoms with van der Waals surface area (Å²) in [5.41, 5.74) is 0.996. The quantitative estimate of drug-likeness (QED) is 0.497. The molecule has 1 aliphatic rings. The van der Waals surface area contributed by atoms with E-state index in [2.05, 4.69) is 10.6 Å². The van der Waals surface area contributed by atoms with Gasteiger partial charge in [0, 0.05) is 17.9 Å². The fourth-order valence-electron chi connectivity index (χ4n) is 3.70. The molecular formula is C25H25F2N3O3. The number of nitrogens with zero attached hydrogens (tertiary/aromatic N) is 1. The van der Waals surface area contributed by atoms with Gasteiger partial charge in [0.1, 0.15) is 11.4 Å². The lowest BCUT2D eigenvalue weighted by Gasteiger charge is -2.46. The summed E-state index contributed by atoms with van der Waals surface area (Å²) in [6, 6.07) is 16.5. The van der Waals surface area contributed by atoms with Crippen molar-refractivity contribution in [2.24, 2.45) is 0 Å². The minimum Gasteiger partial charge on any atom is -0.497 e. The van der Waals surface area contributed by atoms with E-state index in [-0.39, 0.29) is 30.9 Å². The number of β-amino-alcohol motifs (C(OH)–C–C–N with tert-alkyl or cyclic N) is 1. The zero-order chi connectivity index (χ0) is 23.6. The number of anilines is 3. The predicted molar refractivity (Wildman–Crippen MR) is 123 cm³/mol. The fourth-order valence-corrected chi connectivity index (χ4v) is 3.70. The number of aryl methyl sites for hydroxylation is 1. The molecule has 0 saturated carbocycles. The molecule has 4 rings (SSSR count). The largest absolute Gasteiger partial charge is 0.497 e. The van der Waals surface area contributed by atoms with E-state index in [4.69, 9.17) is 4.74 Å². The first-order valence-corrected chi connectivity index (χ1v) is 10.5. The molecule has 0 aliphatic carbocycles. The smallest absolute Gasteiger partial charge is 0.256 e. The molecule has 1 fully saturated rings. The molecular weight excluding hydrogens is 428 g/mol. The molecule has 3 aromatic rings. The van der Waals surface area contributed by atoms with Gasteiger partial charge in [0.15, 0.2) is 11.6 Å². The highest BCUT2D eigenvalue weighted by Crippen LogP contribution is 2.31. The molecule has 8 heteroatoms. The van der Waals surface area contributed by atoms with E-state index in [0.29, 0.717) is 5.69 Å². The molecule has 3 N–H and O–H groups in total. The number of nitrogens with one attached hydrogen (secondary N) is 2. The molecule has 0 unspecified atom stereocenters. The van der Waals surface area contributed by atoms with Crippen molar-refractivity contribution in [1.29, 1.82) is 0 Å². The molecule has 0 aromatic heterocycles. The Hall–Kier alpha value is -3.65. The second-order valence-electron chi connectivity index (χ2n) is 8.24. The first-order valence-electron chi connectivity index (χ1n) is 10.5. The summed E-state index contributed by atoms with van der Waals surface area (Å²) >= 11 is 0. The Morgan fingerprint density at radius 3 is 2.30 bits per heavy atom. The first-order chi connectivity index (χ1) is 15.8. The highest BCUT2D eigenvalue weighted by Gasteiger charge is 2.44. The van der Waals surface area contributed by atoms with Crippen molar-refractivity contribution < 1.29 is 23.4 Å². The normalized spacial score (nSPS) is 14.4. The number of hydrogen-bond donors (Lipinski definition) is 3. The number of rotatable bonds is 7. The number of carbonyl (C=O) groups excluding carboxylic acids is 1. The Balaban J connectivity index is 1.44. The Morgan fingerprint density at radius 2 is 1.67 bits per heavy atom. The van der Waals surface area contributed by atoms with Gasteiger partial charge >= 0.3 is 0 Å². The molecule has 3 aromatic carbocycles. The van der Waals surface area contributed by atoms with Gasteiger partial charge < -0.3 is 25.4 Å². The van der Waals surface area contributed by atoms with E-state index in [1.807, 2.05) is 31.2 Å². The monoisotopic (exact) mass is 453 g/mol. The summed E-state index contributed by atoms with van der Waals surface area (Å²) in [5.74, 6) is -1.94. The summed E-state index contributed by atoms with van der Waals surface area (Å²) in [4.78, 5) is 14.4. The summed E-state index contributed by atoms with van der Waals surface area (Å²) in [7, 11) is 1.58. The third kappa shape index (κ3) is 4.90. The van der Waals surface area contributed by atoms with Crippen molar-refractivity contribution >= 4 is 23.0 Å². The van der Waals surface area contributed by atoms with Crippen LogP contribution in [0.3, 0.4) is 0 Å². The highest BCUT2D eigenvalue weighted by atomic mass is 19.2. The zero-order valence-corrected chi connectivity index (χ0v) is 18.4. The van der Waals surface area contributed by atoms with Gasteiger partial charge in [-0.1, -0.05) is 17.7 Å². The van der Waals surface area contributed by atoms with E-state index >= 15 is 0 Å². The van der Waals surface area contributed by atoms with Crippen LogP contribution in [0.4, 0.5) is 25.8 Å². The molecule has 33 heavy (non-hydrogen) atoms. The molecule has 0 radical (unpaired) electrons. The standard InChI is InChI=1S/C25H25F2N3O3/c1-16-3-5-18(6-4-16)29-23-20(11-12-21(26)22(23)27)24(31)30-14-25(32,15-30)13-28-17-7-9-19(33-2)10-8-17/h3-12,28-29,32H,13-15H2,1-2H3. The number of ether oxygens (including phenoxy) is 1. The SMILES string of the molecule is COc1ccc(NCC2(O)CN(C(=O)c3ccc(F)c(F)c3Nc3ccc(C)cc3)C2)cc1. The van der Waals surface area contributed by atoms with Crippen molar-refractivity contribution in [1.82, 2.24) is 4.90 Å². The van der Waals surface area contributed by atoms with Crippen LogP contribution in [0.25, 0.3) is 0 Å². The topological polar surface area (TPSA) is 73.8 Å². The summed E-state index contributed by atoms with van der Waals surface area (Å²) < 4.78 is 33.7. The van der Waals surface area contributed by atoms with E-state index in [9.17, 15) is 18.7 Å². The van der Waals surface area contributed by atoms with Crippen molar-refractivity contribution in [2.45, 2.75) is 12.5 Å². The summed E-state index contributed by atoms with van der Waals surface area (Å²) in [6.45, 7) is 2.28. The van der Waals surface area contributed by atoms with E-state index < -0.39 is 23.1 Å². The van der Waals surface area contributed by atoms with Crippen LogP contribution in [0.1, 0.15) is 15.9 Å². The zero-order valence-electron chi connectivity index (χ0n) is 18.4. The van der Waals surface area contributed by atoms with Crippen LogP contribution < -0.4 is 15.4 Å². The van der Waals surface area contributed by atoms with Crippen LogP contribution in [0.2, 0.25) is 0 Å². The van der Waals surface area contributed by atoms with Gasteiger partial charge in [-0.05, 0) is 55.5 Å². The average molecular weight is 453 g/mol. The highest BCUT2D eigenvalue weighted by molar-refractivity contribution is 6.01. The van der Waals surface area contributed by atoms with E-state index in [0.717, 1.165) is 23.1 Å². The molecule has 1 amide bonds. The summed E-state index contributed by atoms with van der Waals surface area (Å²) in [6.07, 6.45) is 0. The molecule has 6 nitrogen and oxygen atoms in total. The van der Waals surface area contributed by atoms with Gasteiger partial charge in [0.25, 0.3) is 5.91 Å². The predicted octanol–water partition coefficient (Wildman–Crippen LogP) is 4.32. The van der Waals surface area contributed by atoms with Crippen molar-refractivity contribution in [3.63, 3.8) is 0 Å². The van der Waals surface area contributed by atoms with Gasteiger partial charge in [-0.3, -0.25) is 4.79 Å². The lowest BCUT2D eigenvalue weighted by Crippen LogP contribution is -2.66. The lowest BCUT2D eigenvalue weighted by atomic mass is 9.92. The maximum absolute atomic E-state index is 14.6. The van der Waals surface area contributed by atoms with E-state index in [1.165, 1.54) is 11.0 Å². The summed E-state index contributed by atoms with van der Waals surface area (Å²) in [5, 5.41) is 16.7. The van der Waals surface area contributed by atoms with Crippen molar-refractivity contribution in [2.75, 3.05) is 37.4 Å². The molecule has 0 spiro atoms. The fraction of sp³-hybridized carbons (Fsp3) is 0.240. The maximum Gasteiger partial charge on any atom is 0.256 e. The number of hydrogen-bond acceptors (Lipinski definition) is 5.